The van der Waals surface area contributed by atoms with Gasteiger partial charge in [-0.15, -0.1) is 0 Å². The second-order valence-corrected chi connectivity index (χ2v) is 4.13. The molecule has 0 bridgehead atoms. The van der Waals surface area contributed by atoms with E-state index in [-0.39, 0.29) is 5.91 Å². The summed E-state index contributed by atoms with van der Waals surface area (Å²) in [5, 5.41) is 2.84. The molecule has 1 atom stereocenters. The Hall–Kier alpha value is -1.55. The summed E-state index contributed by atoms with van der Waals surface area (Å²) in [5.41, 5.74) is 6.21. The normalized spacial score (nSPS) is 11.9. The minimum absolute atomic E-state index is 0.00481. The molecule has 1 amide bonds. The molecule has 0 spiro atoms. The van der Waals surface area contributed by atoms with E-state index in [1.165, 1.54) is 0 Å². The number of rotatable bonds is 6. The Kier molecular flexibility index (Phi) is 5.49. The van der Waals surface area contributed by atoms with Crippen LogP contribution in [0.1, 0.15) is 19.8 Å². The lowest BCUT2D eigenvalue weighted by atomic mass is 10.1. The van der Waals surface area contributed by atoms with Crippen molar-refractivity contribution in [2.24, 2.45) is 11.7 Å². The topological polar surface area (TPSA) is 64.3 Å². The molecule has 4 heteroatoms. The average molecular weight is 236 g/mol. The highest BCUT2D eigenvalue weighted by Crippen LogP contribution is 2.23. The zero-order valence-electron chi connectivity index (χ0n) is 10.4. The molecule has 1 rings (SSSR count). The Morgan fingerprint density at radius 3 is 2.82 bits per heavy atom. The Morgan fingerprint density at radius 2 is 2.18 bits per heavy atom. The summed E-state index contributed by atoms with van der Waals surface area (Å²) in [6, 6.07) is 7.37. The molecule has 0 aliphatic rings. The number of ether oxygens (including phenoxy) is 1. The van der Waals surface area contributed by atoms with Gasteiger partial charge in [0.15, 0.2) is 0 Å². The van der Waals surface area contributed by atoms with E-state index in [0.29, 0.717) is 30.3 Å². The molecule has 0 saturated heterocycles. The Labute approximate surface area is 102 Å². The lowest BCUT2D eigenvalue weighted by Gasteiger charge is -2.11. The van der Waals surface area contributed by atoms with Crippen molar-refractivity contribution in [2.75, 3.05) is 19.0 Å². The van der Waals surface area contributed by atoms with Gasteiger partial charge in [-0.1, -0.05) is 19.1 Å². The monoisotopic (exact) mass is 236 g/mol. The summed E-state index contributed by atoms with van der Waals surface area (Å²) < 4.78 is 5.16. The maximum Gasteiger partial charge on any atom is 0.224 e. The van der Waals surface area contributed by atoms with Gasteiger partial charge in [0.25, 0.3) is 0 Å². The van der Waals surface area contributed by atoms with Crippen LogP contribution in [0.15, 0.2) is 24.3 Å². The quantitative estimate of drug-likeness (QED) is 0.794. The number of carbonyl (C=O) groups is 1. The van der Waals surface area contributed by atoms with Crippen LogP contribution in [0.4, 0.5) is 5.69 Å². The largest absolute Gasteiger partial charge is 0.495 e. The van der Waals surface area contributed by atoms with E-state index in [9.17, 15) is 4.79 Å². The minimum Gasteiger partial charge on any atom is -0.495 e. The number of para-hydroxylation sites is 2. The van der Waals surface area contributed by atoms with Crippen LogP contribution < -0.4 is 15.8 Å². The fourth-order valence-corrected chi connectivity index (χ4v) is 1.46. The van der Waals surface area contributed by atoms with Crippen molar-refractivity contribution in [3.05, 3.63) is 24.3 Å². The van der Waals surface area contributed by atoms with Crippen LogP contribution in [0.2, 0.25) is 0 Å². The zero-order chi connectivity index (χ0) is 12.7. The van der Waals surface area contributed by atoms with E-state index < -0.39 is 0 Å². The number of nitrogens with two attached hydrogens (primary N) is 1. The van der Waals surface area contributed by atoms with Crippen molar-refractivity contribution in [1.82, 2.24) is 0 Å². The molecule has 1 aromatic carbocycles. The summed E-state index contributed by atoms with van der Waals surface area (Å²) in [6.45, 7) is 2.65. The number of hydrogen-bond donors (Lipinski definition) is 2. The van der Waals surface area contributed by atoms with Gasteiger partial charge in [0.2, 0.25) is 5.91 Å². The summed E-state index contributed by atoms with van der Waals surface area (Å²) in [4.78, 5) is 11.7. The maximum absolute atomic E-state index is 11.7. The Bertz CT molecular complexity index is 366. The van der Waals surface area contributed by atoms with E-state index in [0.717, 1.165) is 6.42 Å². The van der Waals surface area contributed by atoms with Crippen molar-refractivity contribution in [3.8, 4) is 5.75 Å². The van der Waals surface area contributed by atoms with Gasteiger partial charge in [0.1, 0.15) is 5.75 Å². The van der Waals surface area contributed by atoms with Crippen LogP contribution >= 0.6 is 0 Å². The van der Waals surface area contributed by atoms with Crippen LogP contribution in [-0.4, -0.2) is 19.6 Å². The molecule has 94 valence electrons. The Morgan fingerprint density at radius 1 is 1.47 bits per heavy atom. The number of amides is 1. The lowest BCUT2D eigenvalue weighted by molar-refractivity contribution is -0.116. The molecule has 4 nitrogen and oxygen atoms in total. The molecule has 17 heavy (non-hydrogen) atoms. The van der Waals surface area contributed by atoms with E-state index in [4.69, 9.17) is 10.5 Å². The van der Waals surface area contributed by atoms with E-state index in [1.807, 2.05) is 31.2 Å². The first-order valence-electron chi connectivity index (χ1n) is 5.80. The van der Waals surface area contributed by atoms with E-state index in [2.05, 4.69) is 5.32 Å². The Balaban J connectivity index is 2.50. The van der Waals surface area contributed by atoms with Crippen LogP contribution in [0, 0.1) is 5.92 Å². The summed E-state index contributed by atoms with van der Waals surface area (Å²) >= 11 is 0. The van der Waals surface area contributed by atoms with Crippen molar-refractivity contribution >= 4 is 11.6 Å². The smallest absolute Gasteiger partial charge is 0.224 e. The molecule has 0 fully saturated rings. The van der Waals surface area contributed by atoms with Gasteiger partial charge in [-0.3, -0.25) is 4.79 Å². The average Bonchev–Trinajstić information content (AvgIpc) is 2.36. The molecule has 1 aromatic rings. The number of benzene rings is 1. The molecular formula is C13H20N2O2. The second kappa shape index (κ2) is 6.91. The van der Waals surface area contributed by atoms with Gasteiger partial charge in [-0.2, -0.15) is 0 Å². The molecule has 0 saturated carbocycles. The predicted octanol–water partition coefficient (Wildman–Crippen LogP) is 2.01. The second-order valence-electron chi connectivity index (χ2n) is 4.13. The first-order chi connectivity index (χ1) is 8.17. The predicted molar refractivity (Wildman–Crippen MR) is 69.1 cm³/mol. The fourth-order valence-electron chi connectivity index (χ4n) is 1.46. The third-order valence-corrected chi connectivity index (χ3v) is 2.65. The molecule has 0 aromatic heterocycles. The number of carbonyl (C=O) groups excluding carboxylic acids is 1. The first-order valence-corrected chi connectivity index (χ1v) is 5.80. The first kappa shape index (κ1) is 13.5. The number of nitrogens with one attached hydrogen (secondary N) is 1. The minimum atomic E-state index is -0.00481. The molecule has 0 radical (unpaired) electrons. The fraction of sp³-hybridized carbons (Fsp3) is 0.462. The summed E-state index contributed by atoms with van der Waals surface area (Å²) in [6.07, 6.45) is 1.29. The van der Waals surface area contributed by atoms with Crippen LogP contribution in [0.3, 0.4) is 0 Å². The third kappa shape index (κ3) is 4.44. The van der Waals surface area contributed by atoms with Crippen molar-refractivity contribution < 1.29 is 9.53 Å². The highest BCUT2D eigenvalue weighted by molar-refractivity contribution is 5.92. The summed E-state index contributed by atoms with van der Waals surface area (Å²) in [7, 11) is 1.58. The highest BCUT2D eigenvalue weighted by atomic mass is 16.5. The van der Waals surface area contributed by atoms with Gasteiger partial charge in [-0.05, 0) is 31.0 Å². The number of anilines is 1. The van der Waals surface area contributed by atoms with Crippen LogP contribution in [-0.2, 0) is 4.79 Å². The van der Waals surface area contributed by atoms with Crippen molar-refractivity contribution in [3.63, 3.8) is 0 Å². The molecule has 3 N–H and O–H groups in total. The third-order valence-electron chi connectivity index (χ3n) is 2.65. The molecule has 1 unspecified atom stereocenters. The highest BCUT2D eigenvalue weighted by Gasteiger charge is 2.08. The van der Waals surface area contributed by atoms with E-state index in [1.54, 1.807) is 7.11 Å². The maximum atomic E-state index is 11.7. The molecule has 0 heterocycles. The van der Waals surface area contributed by atoms with Gasteiger partial charge in [0.05, 0.1) is 12.8 Å². The molecule has 0 aliphatic heterocycles. The van der Waals surface area contributed by atoms with Crippen LogP contribution in [0.5, 0.6) is 5.75 Å². The lowest BCUT2D eigenvalue weighted by Crippen LogP contribution is -2.16. The zero-order valence-corrected chi connectivity index (χ0v) is 10.4. The van der Waals surface area contributed by atoms with Gasteiger partial charge < -0.3 is 15.8 Å². The number of methoxy groups -OCH3 is 1. The van der Waals surface area contributed by atoms with Crippen LogP contribution in [0.25, 0.3) is 0 Å². The molecule has 0 aliphatic carbocycles. The van der Waals surface area contributed by atoms with Gasteiger partial charge in [0, 0.05) is 6.42 Å². The standard InChI is InChI=1S/C13H20N2O2/c1-10(9-14)7-8-13(16)15-11-5-3-4-6-12(11)17-2/h3-6,10H,7-9,14H2,1-2H3,(H,15,16). The van der Waals surface area contributed by atoms with Gasteiger partial charge in [-0.25, -0.2) is 0 Å². The molecular weight excluding hydrogens is 216 g/mol. The van der Waals surface area contributed by atoms with Gasteiger partial charge >= 0.3 is 0 Å². The van der Waals surface area contributed by atoms with Crippen molar-refractivity contribution in [1.29, 1.82) is 0 Å². The van der Waals surface area contributed by atoms with Crippen molar-refractivity contribution in [2.45, 2.75) is 19.8 Å². The summed E-state index contributed by atoms with van der Waals surface area (Å²) in [5.74, 6) is 1.04. The van der Waals surface area contributed by atoms with E-state index >= 15 is 0 Å². The number of hydrogen-bond acceptors (Lipinski definition) is 3. The SMILES string of the molecule is COc1ccccc1NC(=O)CCC(C)CN.